The van der Waals surface area contributed by atoms with Crippen LogP contribution in [0, 0.1) is 12.7 Å². The maximum Gasteiger partial charge on any atom is 0.243 e. The molecular weight excluding hydrogens is 435 g/mol. The molecule has 0 saturated carbocycles. The van der Waals surface area contributed by atoms with Gasteiger partial charge in [0, 0.05) is 11.4 Å². The zero-order valence-corrected chi connectivity index (χ0v) is 18.8. The van der Waals surface area contributed by atoms with Crippen LogP contribution in [0.4, 0.5) is 10.1 Å². The van der Waals surface area contributed by atoms with Gasteiger partial charge in [0.2, 0.25) is 15.9 Å². The summed E-state index contributed by atoms with van der Waals surface area (Å²) in [7, 11) is -3.96. The van der Waals surface area contributed by atoms with Crippen LogP contribution in [0.15, 0.2) is 82.6 Å². The second-order valence-corrected chi connectivity index (χ2v) is 9.75. The smallest absolute Gasteiger partial charge is 0.243 e. The first-order valence-electron chi connectivity index (χ1n) is 9.54. The number of benzene rings is 3. The quantitative estimate of drug-likeness (QED) is 0.498. The number of rotatable bonds is 8. The third-order valence-electron chi connectivity index (χ3n) is 4.63. The minimum absolute atomic E-state index is 0.0614. The molecule has 0 bridgehead atoms. The van der Waals surface area contributed by atoms with Crippen molar-refractivity contribution in [1.82, 2.24) is 4.31 Å². The molecule has 0 fully saturated rings. The fourth-order valence-corrected chi connectivity index (χ4v) is 4.91. The third-order valence-corrected chi connectivity index (χ3v) is 7.23. The van der Waals surface area contributed by atoms with Gasteiger partial charge in [-0.1, -0.05) is 42.0 Å². The van der Waals surface area contributed by atoms with Crippen molar-refractivity contribution in [1.29, 1.82) is 0 Å². The Balaban J connectivity index is 1.88. The summed E-state index contributed by atoms with van der Waals surface area (Å²) in [4.78, 5) is 13.8. The van der Waals surface area contributed by atoms with E-state index in [-0.39, 0.29) is 18.0 Å². The molecule has 1 amide bonds. The Morgan fingerprint density at radius 3 is 2.29 bits per heavy atom. The summed E-state index contributed by atoms with van der Waals surface area (Å²) in [6.07, 6.45) is 1.90. The van der Waals surface area contributed by atoms with Gasteiger partial charge in [0.25, 0.3) is 0 Å². The summed E-state index contributed by atoms with van der Waals surface area (Å²) in [5.41, 5.74) is 2.12. The van der Waals surface area contributed by atoms with Gasteiger partial charge in [0.05, 0.1) is 17.1 Å². The Kier molecular flexibility index (Phi) is 7.48. The lowest BCUT2D eigenvalue weighted by atomic mass is 10.2. The number of carbonyl (C=O) groups is 1. The van der Waals surface area contributed by atoms with Gasteiger partial charge < -0.3 is 5.32 Å². The van der Waals surface area contributed by atoms with Crippen LogP contribution in [0.3, 0.4) is 0 Å². The van der Waals surface area contributed by atoms with Crippen LogP contribution in [0.5, 0.6) is 0 Å². The highest BCUT2D eigenvalue weighted by Gasteiger charge is 2.27. The number of aryl methyl sites for hydroxylation is 1. The van der Waals surface area contributed by atoms with Crippen LogP contribution in [-0.2, 0) is 21.4 Å². The lowest BCUT2D eigenvalue weighted by Crippen LogP contribution is -2.37. The Labute approximate surface area is 186 Å². The van der Waals surface area contributed by atoms with Crippen molar-refractivity contribution in [3.05, 3.63) is 89.7 Å². The fraction of sp³-hybridized carbons (Fsp3) is 0.174. The number of nitrogens with one attached hydrogen (secondary N) is 1. The molecule has 0 heterocycles. The summed E-state index contributed by atoms with van der Waals surface area (Å²) in [5.74, 6) is -0.873. The first-order chi connectivity index (χ1) is 14.8. The summed E-state index contributed by atoms with van der Waals surface area (Å²) in [5, 5.41) is 2.79. The van der Waals surface area contributed by atoms with Crippen LogP contribution in [0.1, 0.15) is 11.1 Å². The summed E-state index contributed by atoms with van der Waals surface area (Å²) < 4.78 is 41.0. The molecule has 8 heteroatoms. The molecule has 0 unspecified atom stereocenters. The molecule has 3 rings (SSSR count). The highest BCUT2D eigenvalue weighted by Crippen LogP contribution is 2.25. The van der Waals surface area contributed by atoms with Gasteiger partial charge >= 0.3 is 0 Å². The van der Waals surface area contributed by atoms with Crippen LogP contribution in [0.25, 0.3) is 0 Å². The van der Waals surface area contributed by atoms with Gasteiger partial charge in [0.15, 0.2) is 0 Å². The van der Waals surface area contributed by atoms with Gasteiger partial charge in [-0.2, -0.15) is 4.31 Å². The van der Waals surface area contributed by atoms with Crippen LogP contribution in [-0.4, -0.2) is 31.4 Å². The van der Waals surface area contributed by atoms with E-state index in [1.54, 1.807) is 24.3 Å². The molecule has 0 spiro atoms. The van der Waals surface area contributed by atoms with E-state index in [0.717, 1.165) is 14.8 Å². The Morgan fingerprint density at radius 1 is 1.00 bits per heavy atom. The van der Waals surface area contributed by atoms with Crippen molar-refractivity contribution in [3.63, 3.8) is 0 Å². The van der Waals surface area contributed by atoms with Gasteiger partial charge in [0.1, 0.15) is 5.82 Å². The van der Waals surface area contributed by atoms with Crippen molar-refractivity contribution in [2.24, 2.45) is 0 Å². The van der Waals surface area contributed by atoms with E-state index in [0.29, 0.717) is 11.3 Å². The fourth-order valence-electron chi connectivity index (χ4n) is 2.98. The molecule has 0 aliphatic heterocycles. The molecule has 31 heavy (non-hydrogen) atoms. The number of amides is 1. The summed E-state index contributed by atoms with van der Waals surface area (Å²) in [6.45, 7) is 1.42. The minimum Gasteiger partial charge on any atom is -0.324 e. The van der Waals surface area contributed by atoms with E-state index in [9.17, 15) is 17.6 Å². The molecule has 0 atom stereocenters. The maximum absolute atomic E-state index is 13.3. The number of anilines is 1. The average molecular weight is 459 g/mol. The SMILES string of the molecule is CSc1ccccc1NC(=O)CN(Cc1ccc(F)cc1)S(=O)(=O)c1ccc(C)cc1. The number of carbonyl (C=O) groups excluding carboxylic acids is 1. The molecule has 1 N–H and O–H groups in total. The maximum atomic E-state index is 13.3. The topological polar surface area (TPSA) is 66.5 Å². The first-order valence-corrected chi connectivity index (χ1v) is 12.2. The predicted molar refractivity (Wildman–Crippen MR) is 122 cm³/mol. The van der Waals surface area contributed by atoms with E-state index in [1.165, 1.54) is 48.2 Å². The average Bonchev–Trinajstić information content (AvgIpc) is 2.75. The number of thioether (sulfide) groups is 1. The van der Waals surface area contributed by atoms with E-state index in [1.807, 2.05) is 25.3 Å². The van der Waals surface area contributed by atoms with Gasteiger partial charge in [-0.15, -0.1) is 11.8 Å². The van der Waals surface area contributed by atoms with Gasteiger partial charge in [-0.25, -0.2) is 12.8 Å². The van der Waals surface area contributed by atoms with E-state index >= 15 is 0 Å². The Bertz CT molecular complexity index is 1150. The molecule has 0 aliphatic carbocycles. The monoisotopic (exact) mass is 458 g/mol. The molecule has 0 aliphatic rings. The number of para-hydroxylation sites is 1. The van der Waals surface area contributed by atoms with E-state index in [4.69, 9.17) is 0 Å². The highest BCUT2D eigenvalue weighted by molar-refractivity contribution is 7.98. The highest BCUT2D eigenvalue weighted by atomic mass is 32.2. The molecule has 162 valence electrons. The largest absolute Gasteiger partial charge is 0.324 e. The third kappa shape index (κ3) is 5.94. The molecular formula is C23H23FN2O3S2. The molecule has 3 aromatic carbocycles. The number of sulfonamides is 1. The van der Waals surface area contributed by atoms with Crippen LogP contribution >= 0.6 is 11.8 Å². The Hall–Kier alpha value is -2.68. The van der Waals surface area contributed by atoms with E-state index in [2.05, 4.69) is 5.32 Å². The summed E-state index contributed by atoms with van der Waals surface area (Å²) >= 11 is 1.48. The van der Waals surface area contributed by atoms with Crippen molar-refractivity contribution in [2.75, 3.05) is 18.1 Å². The molecule has 5 nitrogen and oxygen atoms in total. The number of hydrogen-bond donors (Lipinski definition) is 1. The minimum atomic E-state index is -3.96. The lowest BCUT2D eigenvalue weighted by Gasteiger charge is -2.22. The normalized spacial score (nSPS) is 11.5. The first kappa shape index (κ1) is 23.0. The van der Waals surface area contributed by atoms with E-state index < -0.39 is 21.7 Å². The van der Waals surface area contributed by atoms with Crippen molar-refractivity contribution >= 4 is 33.4 Å². The zero-order valence-electron chi connectivity index (χ0n) is 17.2. The standard InChI is InChI=1S/C23H23FN2O3S2/c1-17-7-13-20(14-8-17)31(28,29)26(15-18-9-11-19(24)12-10-18)16-23(27)25-21-5-3-4-6-22(21)30-2/h3-14H,15-16H2,1-2H3,(H,25,27). The van der Waals surface area contributed by atoms with Crippen LogP contribution in [0.2, 0.25) is 0 Å². The molecule has 0 saturated heterocycles. The second kappa shape index (κ2) is 10.1. The van der Waals surface area contributed by atoms with Crippen molar-refractivity contribution in [2.45, 2.75) is 23.3 Å². The lowest BCUT2D eigenvalue weighted by molar-refractivity contribution is -0.116. The zero-order chi connectivity index (χ0) is 22.4. The molecule has 3 aromatic rings. The number of halogens is 1. The number of nitrogens with zero attached hydrogens (tertiary/aromatic N) is 1. The van der Waals surface area contributed by atoms with Gasteiger partial charge in [-0.3, -0.25) is 4.79 Å². The number of hydrogen-bond acceptors (Lipinski definition) is 4. The predicted octanol–water partition coefficient (Wildman–Crippen LogP) is 4.69. The molecule has 0 radical (unpaired) electrons. The summed E-state index contributed by atoms with van der Waals surface area (Å²) in [6, 6.07) is 19.3. The Morgan fingerprint density at radius 2 is 1.65 bits per heavy atom. The second-order valence-electron chi connectivity index (χ2n) is 6.96. The molecule has 0 aromatic heterocycles. The van der Waals surface area contributed by atoms with Crippen LogP contribution < -0.4 is 5.32 Å². The van der Waals surface area contributed by atoms with Crippen molar-refractivity contribution in [3.8, 4) is 0 Å². The van der Waals surface area contributed by atoms with Crippen molar-refractivity contribution < 1.29 is 17.6 Å². The van der Waals surface area contributed by atoms with Gasteiger partial charge in [-0.05, 0) is 55.1 Å².